The van der Waals surface area contributed by atoms with Crippen LogP contribution in [0.1, 0.15) is 43.5 Å². The molecule has 1 aromatic rings. The van der Waals surface area contributed by atoms with Gasteiger partial charge < -0.3 is 5.11 Å². The van der Waals surface area contributed by atoms with Crippen molar-refractivity contribution in [1.29, 1.82) is 0 Å². The van der Waals surface area contributed by atoms with Crippen LogP contribution in [-0.2, 0) is 6.42 Å². The minimum Gasteiger partial charge on any atom is -0.389 e. The summed E-state index contributed by atoms with van der Waals surface area (Å²) in [4.78, 5) is 8.50. The lowest BCUT2D eigenvalue weighted by molar-refractivity contribution is 0.00359. The van der Waals surface area contributed by atoms with E-state index in [1.165, 1.54) is 6.42 Å². The molecular weight excluding hydrogens is 188 g/mol. The summed E-state index contributed by atoms with van der Waals surface area (Å²) in [6, 6.07) is 0. The largest absolute Gasteiger partial charge is 0.389 e. The third-order valence-electron chi connectivity index (χ3n) is 3.13. The first-order valence-electron chi connectivity index (χ1n) is 5.68. The summed E-state index contributed by atoms with van der Waals surface area (Å²) < 4.78 is 0. The van der Waals surface area contributed by atoms with Crippen molar-refractivity contribution >= 4 is 0 Å². The van der Waals surface area contributed by atoms with Gasteiger partial charge in [-0.05, 0) is 19.8 Å². The summed E-state index contributed by atoms with van der Waals surface area (Å²) in [7, 11) is 0. The van der Waals surface area contributed by atoms with Gasteiger partial charge in [-0.2, -0.15) is 0 Å². The molecule has 1 aliphatic carbocycles. The van der Waals surface area contributed by atoms with Gasteiger partial charge in [-0.25, -0.2) is 0 Å². The van der Waals surface area contributed by atoms with Crippen molar-refractivity contribution < 1.29 is 5.11 Å². The Bertz CT molecular complexity index is 315. The molecule has 1 aliphatic rings. The molecule has 0 atom stereocenters. The monoisotopic (exact) mass is 206 g/mol. The Hall–Kier alpha value is -0.960. The Morgan fingerprint density at radius 2 is 1.93 bits per heavy atom. The molecule has 0 amide bonds. The van der Waals surface area contributed by atoms with Crippen molar-refractivity contribution in [2.24, 2.45) is 0 Å². The Morgan fingerprint density at radius 1 is 1.20 bits per heavy atom. The van der Waals surface area contributed by atoms with E-state index in [-0.39, 0.29) is 0 Å². The third-order valence-corrected chi connectivity index (χ3v) is 3.13. The van der Waals surface area contributed by atoms with Crippen LogP contribution in [0, 0.1) is 6.92 Å². The fourth-order valence-corrected chi connectivity index (χ4v) is 2.23. The van der Waals surface area contributed by atoms with Crippen LogP contribution in [0.25, 0.3) is 0 Å². The highest BCUT2D eigenvalue weighted by Gasteiger charge is 2.29. The van der Waals surface area contributed by atoms with Crippen molar-refractivity contribution in [1.82, 2.24) is 9.97 Å². The quantitative estimate of drug-likeness (QED) is 0.805. The average molecular weight is 206 g/mol. The molecule has 1 saturated carbocycles. The zero-order chi connectivity index (χ0) is 10.7. The lowest BCUT2D eigenvalue weighted by atomic mass is 9.82. The van der Waals surface area contributed by atoms with E-state index in [1.54, 1.807) is 12.4 Å². The van der Waals surface area contributed by atoms with Crippen molar-refractivity contribution in [3.05, 3.63) is 23.8 Å². The maximum Gasteiger partial charge on any atom is 0.0703 e. The zero-order valence-electron chi connectivity index (χ0n) is 9.24. The second kappa shape index (κ2) is 4.27. The lowest BCUT2D eigenvalue weighted by Crippen LogP contribution is -2.34. The minimum atomic E-state index is -0.526. The summed E-state index contributed by atoms with van der Waals surface area (Å²) in [5.41, 5.74) is 1.31. The molecule has 1 N–H and O–H groups in total. The van der Waals surface area contributed by atoms with Crippen LogP contribution < -0.4 is 0 Å². The number of aromatic nitrogens is 2. The van der Waals surface area contributed by atoms with Crippen LogP contribution in [0.5, 0.6) is 0 Å². The highest BCUT2D eigenvalue weighted by Crippen LogP contribution is 2.30. The maximum atomic E-state index is 10.3. The van der Waals surface area contributed by atoms with Crippen LogP contribution in [0.15, 0.2) is 12.4 Å². The number of rotatable bonds is 2. The number of aryl methyl sites for hydroxylation is 1. The Balaban J connectivity index is 2.03. The molecule has 0 unspecified atom stereocenters. The zero-order valence-corrected chi connectivity index (χ0v) is 9.24. The molecule has 0 radical (unpaired) electrons. The predicted molar refractivity (Wildman–Crippen MR) is 58.5 cm³/mol. The molecule has 1 fully saturated rings. The molecule has 0 bridgehead atoms. The summed E-state index contributed by atoms with van der Waals surface area (Å²) in [5, 5.41) is 10.3. The molecule has 0 aliphatic heterocycles. The molecule has 82 valence electrons. The summed E-state index contributed by atoms with van der Waals surface area (Å²) in [5.74, 6) is 0. The number of hydrogen-bond acceptors (Lipinski definition) is 3. The molecule has 3 heteroatoms. The minimum absolute atomic E-state index is 0.526. The van der Waals surface area contributed by atoms with Gasteiger partial charge in [0, 0.05) is 18.8 Å². The standard InChI is InChI=1S/C12H18N2O/c1-10-8-14-11(9-13-10)7-12(15)5-3-2-4-6-12/h8-9,15H,2-7H2,1H3. The molecule has 3 nitrogen and oxygen atoms in total. The molecule has 0 saturated heterocycles. The van der Waals surface area contributed by atoms with Crippen LogP contribution in [0.3, 0.4) is 0 Å². The normalized spacial score (nSPS) is 20.1. The molecular formula is C12H18N2O. The van der Waals surface area contributed by atoms with Gasteiger partial charge in [0.1, 0.15) is 0 Å². The van der Waals surface area contributed by atoms with Gasteiger partial charge in [0.05, 0.1) is 17.0 Å². The Morgan fingerprint density at radius 3 is 2.53 bits per heavy atom. The number of hydrogen-bond donors (Lipinski definition) is 1. The topological polar surface area (TPSA) is 46.0 Å². The molecule has 15 heavy (non-hydrogen) atoms. The van der Waals surface area contributed by atoms with Crippen molar-refractivity contribution in [2.45, 2.75) is 51.0 Å². The fraction of sp³-hybridized carbons (Fsp3) is 0.667. The Kier molecular flexibility index (Phi) is 3.00. The van der Waals surface area contributed by atoms with E-state index >= 15 is 0 Å². The van der Waals surface area contributed by atoms with E-state index < -0.39 is 5.60 Å². The summed E-state index contributed by atoms with van der Waals surface area (Å²) in [6.45, 7) is 1.92. The second-order valence-electron chi connectivity index (χ2n) is 4.61. The van der Waals surface area contributed by atoms with Crippen molar-refractivity contribution in [3.63, 3.8) is 0 Å². The van der Waals surface area contributed by atoms with E-state index in [2.05, 4.69) is 9.97 Å². The first-order valence-corrected chi connectivity index (χ1v) is 5.68. The molecule has 2 rings (SSSR count). The third kappa shape index (κ3) is 2.75. The molecule has 1 aromatic heterocycles. The Labute approximate surface area is 90.6 Å². The number of aliphatic hydroxyl groups is 1. The van der Waals surface area contributed by atoms with Gasteiger partial charge in [-0.15, -0.1) is 0 Å². The first-order chi connectivity index (χ1) is 7.18. The predicted octanol–water partition coefficient (Wildman–Crippen LogP) is 2.02. The van der Waals surface area contributed by atoms with Gasteiger partial charge in [-0.1, -0.05) is 19.3 Å². The summed E-state index contributed by atoms with van der Waals surface area (Å²) in [6.07, 6.45) is 9.53. The highest BCUT2D eigenvalue weighted by molar-refractivity contribution is 5.05. The average Bonchev–Trinajstić information content (AvgIpc) is 2.22. The van der Waals surface area contributed by atoms with Gasteiger partial charge in [0.15, 0.2) is 0 Å². The van der Waals surface area contributed by atoms with E-state index in [9.17, 15) is 5.11 Å². The van der Waals surface area contributed by atoms with Crippen LogP contribution in [0.2, 0.25) is 0 Å². The highest BCUT2D eigenvalue weighted by atomic mass is 16.3. The second-order valence-corrected chi connectivity index (χ2v) is 4.61. The van der Waals surface area contributed by atoms with E-state index in [0.29, 0.717) is 6.42 Å². The fourth-order valence-electron chi connectivity index (χ4n) is 2.23. The van der Waals surface area contributed by atoms with Crippen molar-refractivity contribution in [3.8, 4) is 0 Å². The number of nitrogens with zero attached hydrogens (tertiary/aromatic N) is 2. The smallest absolute Gasteiger partial charge is 0.0703 e. The van der Waals surface area contributed by atoms with Gasteiger partial charge >= 0.3 is 0 Å². The molecule has 0 spiro atoms. The summed E-state index contributed by atoms with van der Waals surface area (Å²) >= 11 is 0. The van der Waals surface area contributed by atoms with Gasteiger partial charge in [0.25, 0.3) is 0 Å². The van der Waals surface area contributed by atoms with Crippen molar-refractivity contribution in [2.75, 3.05) is 0 Å². The van der Waals surface area contributed by atoms with E-state index in [4.69, 9.17) is 0 Å². The SMILES string of the molecule is Cc1cnc(CC2(O)CCCCC2)cn1. The maximum absolute atomic E-state index is 10.3. The molecule has 1 heterocycles. The van der Waals surface area contributed by atoms with Crippen LogP contribution >= 0.6 is 0 Å². The lowest BCUT2D eigenvalue weighted by Gasteiger charge is -2.31. The first kappa shape index (κ1) is 10.6. The van der Waals surface area contributed by atoms with Crippen LogP contribution in [-0.4, -0.2) is 20.7 Å². The van der Waals surface area contributed by atoms with E-state index in [0.717, 1.165) is 37.1 Å². The van der Waals surface area contributed by atoms with E-state index in [1.807, 2.05) is 6.92 Å². The van der Waals surface area contributed by atoms with Crippen LogP contribution in [0.4, 0.5) is 0 Å². The molecule has 0 aromatic carbocycles. The van der Waals surface area contributed by atoms with Gasteiger partial charge in [-0.3, -0.25) is 9.97 Å². The van der Waals surface area contributed by atoms with Gasteiger partial charge in [0.2, 0.25) is 0 Å².